The quantitative estimate of drug-likeness (QED) is 0.756. The molecule has 0 saturated carbocycles. The van der Waals surface area contributed by atoms with Crippen LogP contribution in [0.15, 0.2) is 35.9 Å². The standard InChI is InChI=1S/C11H10FNO2/c1-7-6-10(14)13(11(7)15)9-5-3-2-4-8(9)12/h2-6,10,14H,1H3. The van der Waals surface area contributed by atoms with Gasteiger partial charge in [0.1, 0.15) is 5.82 Å². The minimum absolute atomic E-state index is 0.100. The van der Waals surface area contributed by atoms with Crippen LogP contribution in [0.5, 0.6) is 0 Å². The number of carbonyl (C=O) groups is 1. The molecule has 0 aliphatic carbocycles. The molecule has 1 atom stereocenters. The van der Waals surface area contributed by atoms with Crippen molar-refractivity contribution in [1.29, 1.82) is 0 Å². The molecule has 1 amide bonds. The summed E-state index contributed by atoms with van der Waals surface area (Å²) in [6, 6.07) is 5.87. The smallest absolute Gasteiger partial charge is 0.256 e. The second-order valence-electron chi connectivity index (χ2n) is 3.39. The third kappa shape index (κ3) is 1.53. The fourth-order valence-electron chi connectivity index (χ4n) is 1.58. The van der Waals surface area contributed by atoms with Crippen molar-refractivity contribution < 1.29 is 14.3 Å². The fraction of sp³-hybridized carbons (Fsp3) is 0.182. The van der Waals surface area contributed by atoms with Crippen molar-refractivity contribution in [3.63, 3.8) is 0 Å². The van der Waals surface area contributed by atoms with Gasteiger partial charge in [0, 0.05) is 5.57 Å². The van der Waals surface area contributed by atoms with Crippen molar-refractivity contribution in [1.82, 2.24) is 0 Å². The van der Waals surface area contributed by atoms with Crippen LogP contribution in [0, 0.1) is 5.82 Å². The van der Waals surface area contributed by atoms with Gasteiger partial charge in [0.2, 0.25) is 0 Å². The van der Waals surface area contributed by atoms with Crippen molar-refractivity contribution in [3.8, 4) is 0 Å². The molecule has 1 N–H and O–H groups in total. The lowest BCUT2D eigenvalue weighted by Crippen LogP contribution is -2.34. The number of rotatable bonds is 1. The van der Waals surface area contributed by atoms with Gasteiger partial charge in [0.05, 0.1) is 5.69 Å². The molecule has 0 fully saturated rings. The van der Waals surface area contributed by atoms with Gasteiger partial charge in [-0.3, -0.25) is 9.69 Å². The Kier molecular flexibility index (Phi) is 2.28. The van der Waals surface area contributed by atoms with E-state index in [0.29, 0.717) is 5.57 Å². The van der Waals surface area contributed by atoms with Gasteiger partial charge >= 0.3 is 0 Å². The number of amides is 1. The Morgan fingerprint density at radius 1 is 1.40 bits per heavy atom. The minimum atomic E-state index is -1.07. The molecule has 1 unspecified atom stereocenters. The van der Waals surface area contributed by atoms with Crippen LogP contribution in [-0.4, -0.2) is 17.2 Å². The van der Waals surface area contributed by atoms with E-state index in [9.17, 15) is 14.3 Å². The molecule has 1 aliphatic heterocycles. The molecule has 3 nitrogen and oxygen atoms in total. The predicted molar refractivity (Wildman–Crippen MR) is 53.6 cm³/mol. The van der Waals surface area contributed by atoms with Gasteiger partial charge in [0.25, 0.3) is 5.91 Å². The largest absolute Gasteiger partial charge is 0.369 e. The van der Waals surface area contributed by atoms with Crippen LogP contribution in [0.25, 0.3) is 0 Å². The van der Waals surface area contributed by atoms with Gasteiger partial charge in [-0.15, -0.1) is 0 Å². The van der Waals surface area contributed by atoms with Gasteiger partial charge < -0.3 is 5.11 Å². The van der Waals surface area contributed by atoms with E-state index in [0.717, 1.165) is 4.90 Å². The summed E-state index contributed by atoms with van der Waals surface area (Å²) in [5.41, 5.74) is 0.522. The number of nitrogens with zero attached hydrogens (tertiary/aromatic N) is 1. The average molecular weight is 207 g/mol. The summed E-state index contributed by atoms with van der Waals surface area (Å²) < 4.78 is 13.4. The first-order chi connectivity index (χ1) is 7.11. The van der Waals surface area contributed by atoms with Crippen LogP contribution in [0.4, 0.5) is 10.1 Å². The first-order valence-corrected chi connectivity index (χ1v) is 4.56. The summed E-state index contributed by atoms with van der Waals surface area (Å²) in [5, 5.41) is 9.57. The first-order valence-electron chi connectivity index (χ1n) is 4.56. The van der Waals surface area contributed by atoms with Crippen LogP contribution in [-0.2, 0) is 4.79 Å². The van der Waals surface area contributed by atoms with Crippen LogP contribution in [0.1, 0.15) is 6.92 Å². The Morgan fingerprint density at radius 2 is 2.07 bits per heavy atom. The van der Waals surface area contributed by atoms with E-state index in [2.05, 4.69) is 0 Å². The predicted octanol–water partition coefficient (Wildman–Crippen LogP) is 1.44. The maximum absolute atomic E-state index is 13.4. The van der Waals surface area contributed by atoms with Gasteiger partial charge in [-0.2, -0.15) is 0 Å². The summed E-state index contributed by atoms with van der Waals surface area (Å²) in [4.78, 5) is 12.6. The van der Waals surface area contributed by atoms with Crippen molar-refractivity contribution >= 4 is 11.6 Å². The zero-order valence-electron chi connectivity index (χ0n) is 8.14. The molecule has 0 radical (unpaired) electrons. The highest BCUT2D eigenvalue weighted by atomic mass is 19.1. The van der Waals surface area contributed by atoms with E-state index in [-0.39, 0.29) is 11.6 Å². The molecule has 0 aromatic heterocycles. The number of hydrogen-bond acceptors (Lipinski definition) is 2. The first kappa shape index (κ1) is 9.86. The Labute approximate surface area is 86.4 Å². The van der Waals surface area contributed by atoms with Crippen molar-refractivity contribution in [2.24, 2.45) is 0 Å². The number of anilines is 1. The van der Waals surface area contributed by atoms with Gasteiger partial charge in [-0.05, 0) is 25.1 Å². The summed E-state index contributed by atoms with van der Waals surface area (Å²) in [6.07, 6.45) is 0.323. The molecule has 1 aromatic rings. The summed E-state index contributed by atoms with van der Waals surface area (Å²) in [7, 11) is 0. The maximum Gasteiger partial charge on any atom is 0.256 e. The van der Waals surface area contributed by atoms with Crippen LogP contribution >= 0.6 is 0 Å². The van der Waals surface area contributed by atoms with Crippen molar-refractivity contribution in [3.05, 3.63) is 41.7 Å². The van der Waals surface area contributed by atoms with Crippen LogP contribution < -0.4 is 4.90 Å². The van der Waals surface area contributed by atoms with E-state index in [1.54, 1.807) is 13.0 Å². The molecule has 2 rings (SSSR count). The molecule has 0 saturated heterocycles. The second-order valence-corrected chi connectivity index (χ2v) is 3.39. The summed E-state index contributed by atoms with van der Waals surface area (Å²) in [5.74, 6) is -0.888. The van der Waals surface area contributed by atoms with Gasteiger partial charge in [-0.25, -0.2) is 4.39 Å². The number of para-hydroxylation sites is 1. The summed E-state index contributed by atoms with van der Waals surface area (Å²) >= 11 is 0. The highest BCUT2D eigenvalue weighted by Crippen LogP contribution is 2.26. The number of benzene rings is 1. The molecule has 4 heteroatoms. The molecular weight excluding hydrogens is 197 g/mol. The van der Waals surface area contributed by atoms with Gasteiger partial charge in [-0.1, -0.05) is 12.1 Å². The van der Waals surface area contributed by atoms with Crippen LogP contribution in [0.2, 0.25) is 0 Å². The molecule has 78 valence electrons. The minimum Gasteiger partial charge on any atom is -0.369 e. The zero-order chi connectivity index (χ0) is 11.0. The number of hydrogen-bond donors (Lipinski definition) is 1. The zero-order valence-corrected chi connectivity index (χ0v) is 8.14. The number of carbonyl (C=O) groups excluding carboxylic acids is 1. The number of halogens is 1. The van der Waals surface area contributed by atoms with E-state index >= 15 is 0 Å². The van der Waals surface area contributed by atoms with E-state index in [1.165, 1.54) is 24.3 Å². The highest BCUT2D eigenvalue weighted by molar-refractivity contribution is 6.08. The van der Waals surface area contributed by atoms with Crippen molar-refractivity contribution in [2.75, 3.05) is 4.90 Å². The van der Waals surface area contributed by atoms with E-state index < -0.39 is 12.0 Å². The molecule has 1 aromatic carbocycles. The lowest BCUT2D eigenvalue weighted by molar-refractivity contribution is -0.115. The highest BCUT2D eigenvalue weighted by Gasteiger charge is 2.31. The Balaban J connectivity index is 2.42. The monoisotopic (exact) mass is 207 g/mol. The number of aliphatic hydroxyl groups is 1. The van der Waals surface area contributed by atoms with Crippen molar-refractivity contribution in [2.45, 2.75) is 13.2 Å². The molecule has 15 heavy (non-hydrogen) atoms. The second kappa shape index (κ2) is 3.47. The molecule has 1 heterocycles. The topological polar surface area (TPSA) is 40.5 Å². The Bertz CT molecular complexity index is 442. The lowest BCUT2D eigenvalue weighted by atomic mass is 10.2. The summed E-state index contributed by atoms with van der Waals surface area (Å²) in [6.45, 7) is 1.59. The molecule has 0 spiro atoms. The third-order valence-electron chi connectivity index (χ3n) is 2.33. The number of aliphatic hydroxyl groups excluding tert-OH is 1. The Hall–Kier alpha value is -1.68. The van der Waals surface area contributed by atoms with E-state index in [1.807, 2.05) is 0 Å². The molecule has 1 aliphatic rings. The van der Waals surface area contributed by atoms with Gasteiger partial charge in [0.15, 0.2) is 6.23 Å². The molecule has 0 bridgehead atoms. The lowest BCUT2D eigenvalue weighted by Gasteiger charge is -2.21. The third-order valence-corrected chi connectivity index (χ3v) is 2.33. The Morgan fingerprint density at radius 3 is 2.60 bits per heavy atom. The SMILES string of the molecule is CC1=CC(O)N(c2ccccc2F)C1=O. The normalized spacial score (nSPS) is 20.7. The fourth-order valence-corrected chi connectivity index (χ4v) is 1.58. The average Bonchev–Trinajstić information content (AvgIpc) is 2.43. The van der Waals surface area contributed by atoms with Crippen LogP contribution in [0.3, 0.4) is 0 Å². The molecular formula is C11H10FNO2. The maximum atomic E-state index is 13.4. The van der Waals surface area contributed by atoms with E-state index in [4.69, 9.17) is 0 Å².